The molecule has 0 spiro atoms. The van der Waals surface area contributed by atoms with Gasteiger partial charge in [-0.25, -0.2) is 0 Å². The summed E-state index contributed by atoms with van der Waals surface area (Å²) in [7, 11) is 0. The maximum atomic E-state index is 10.8. The molecule has 2 atom stereocenters. The van der Waals surface area contributed by atoms with Gasteiger partial charge in [0.2, 0.25) is 0 Å². The second-order valence-corrected chi connectivity index (χ2v) is 5.70. The fourth-order valence-corrected chi connectivity index (χ4v) is 3.41. The Bertz CT molecular complexity index is 492. The van der Waals surface area contributed by atoms with Crippen molar-refractivity contribution >= 4 is 17.3 Å². The van der Waals surface area contributed by atoms with Crippen molar-refractivity contribution in [1.29, 1.82) is 0 Å². The molecule has 0 aromatic heterocycles. The number of nitro benzene ring substituents is 1. The number of likely N-dealkylation sites (tertiary alicyclic amines) is 1. The van der Waals surface area contributed by atoms with E-state index in [-0.39, 0.29) is 10.6 Å². The normalized spacial score (nSPS) is 26.7. The molecule has 0 amide bonds. The van der Waals surface area contributed by atoms with E-state index in [2.05, 4.69) is 4.90 Å². The highest BCUT2D eigenvalue weighted by Gasteiger charge is 2.37. The van der Waals surface area contributed by atoms with E-state index >= 15 is 0 Å². The lowest BCUT2D eigenvalue weighted by molar-refractivity contribution is -0.384. The number of hydrogen-bond donors (Lipinski definition) is 0. The van der Waals surface area contributed by atoms with E-state index in [9.17, 15) is 10.1 Å². The molecule has 5 heteroatoms. The standard InChI is InChI=1S/C13H15ClN2O2/c14-13-4-3-12(16(17)18)6-10(13)8-15-7-9-1-2-11(15)5-9/h3-4,6,9,11H,1-2,5,7-8H2. The van der Waals surface area contributed by atoms with Crippen LogP contribution in [-0.2, 0) is 6.54 Å². The number of rotatable bonds is 3. The first-order valence-electron chi connectivity index (χ1n) is 6.30. The van der Waals surface area contributed by atoms with E-state index in [1.165, 1.54) is 25.3 Å². The van der Waals surface area contributed by atoms with E-state index in [1.54, 1.807) is 12.1 Å². The zero-order valence-electron chi connectivity index (χ0n) is 10.0. The first kappa shape index (κ1) is 11.9. The van der Waals surface area contributed by atoms with E-state index in [0.29, 0.717) is 11.1 Å². The van der Waals surface area contributed by atoms with Gasteiger partial charge in [0.1, 0.15) is 0 Å². The van der Waals surface area contributed by atoms with Gasteiger partial charge in [-0.05, 0) is 36.8 Å². The van der Waals surface area contributed by atoms with Crippen LogP contribution in [0, 0.1) is 16.0 Å². The Labute approximate surface area is 111 Å². The molecule has 2 aliphatic rings. The maximum Gasteiger partial charge on any atom is 0.269 e. The number of halogens is 1. The van der Waals surface area contributed by atoms with Gasteiger partial charge in [-0.15, -0.1) is 0 Å². The molecular formula is C13H15ClN2O2. The summed E-state index contributed by atoms with van der Waals surface area (Å²) in [5.74, 6) is 0.826. The Hall–Kier alpha value is -1.13. The number of nitro groups is 1. The average molecular weight is 267 g/mol. The zero-order valence-corrected chi connectivity index (χ0v) is 10.8. The predicted octanol–water partition coefficient (Wildman–Crippen LogP) is 3.23. The van der Waals surface area contributed by atoms with Gasteiger partial charge < -0.3 is 0 Å². The van der Waals surface area contributed by atoms with Crippen molar-refractivity contribution in [3.05, 3.63) is 38.9 Å². The highest BCUT2D eigenvalue weighted by Crippen LogP contribution is 2.38. The smallest absolute Gasteiger partial charge is 0.269 e. The van der Waals surface area contributed by atoms with Gasteiger partial charge in [0.25, 0.3) is 5.69 Å². The molecule has 1 saturated carbocycles. The molecule has 1 heterocycles. The first-order chi connectivity index (χ1) is 8.63. The summed E-state index contributed by atoms with van der Waals surface area (Å²) in [5.41, 5.74) is 0.997. The van der Waals surface area contributed by atoms with E-state index < -0.39 is 0 Å². The van der Waals surface area contributed by atoms with Crippen molar-refractivity contribution in [3.63, 3.8) is 0 Å². The SMILES string of the molecule is O=[N+]([O-])c1ccc(Cl)c(CN2CC3CCC2C3)c1. The summed E-state index contributed by atoms with van der Waals surface area (Å²) in [6.45, 7) is 1.85. The van der Waals surface area contributed by atoms with Crippen molar-refractivity contribution in [2.24, 2.45) is 5.92 Å². The lowest BCUT2D eigenvalue weighted by atomic mass is 10.1. The number of non-ortho nitro benzene ring substituents is 1. The van der Waals surface area contributed by atoms with Crippen molar-refractivity contribution in [3.8, 4) is 0 Å². The van der Waals surface area contributed by atoms with Crippen LogP contribution in [0.5, 0.6) is 0 Å². The van der Waals surface area contributed by atoms with Crippen LogP contribution in [0.4, 0.5) is 5.69 Å². The van der Waals surface area contributed by atoms with Crippen LogP contribution < -0.4 is 0 Å². The van der Waals surface area contributed by atoms with Gasteiger partial charge in [-0.1, -0.05) is 11.6 Å². The number of hydrogen-bond acceptors (Lipinski definition) is 3. The molecule has 1 saturated heterocycles. The van der Waals surface area contributed by atoms with E-state index in [1.807, 2.05) is 0 Å². The minimum absolute atomic E-state index is 0.124. The maximum absolute atomic E-state index is 10.8. The number of fused-ring (bicyclic) bond motifs is 2. The molecule has 4 nitrogen and oxygen atoms in total. The third-order valence-corrected chi connectivity index (χ3v) is 4.50. The monoisotopic (exact) mass is 266 g/mol. The summed E-state index contributed by atoms with van der Waals surface area (Å²) in [6, 6.07) is 5.35. The molecule has 1 aliphatic carbocycles. The third kappa shape index (κ3) is 2.10. The van der Waals surface area contributed by atoms with Gasteiger partial charge >= 0.3 is 0 Å². The molecule has 1 aromatic carbocycles. The Morgan fingerprint density at radius 1 is 1.44 bits per heavy atom. The molecule has 1 aliphatic heterocycles. The van der Waals surface area contributed by atoms with Crippen molar-refractivity contribution in [2.45, 2.75) is 31.8 Å². The summed E-state index contributed by atoms with van der Waals surface area (Å²) >= 11 is 6.13. The van der Waals surface area contributed by atoms with Crippen LogP contribution in [0.15, 0.2) is 18.2 Å². The van der Waals surface area contributed by atoms with Crippen LogP contribution in [0.25, 0.3) is 0 Å². The van der Waals surface area contributed by atoms with Gasteiger partial charge in [-0.2, -0.15) is 0 Å². The Kier molecular flexibility index (Phi) is 2.99. The molecule has 2 bridgehead atoms. The van der Waals surface area contributed by atoms with Gasteiger partial charge in [0.15, 0.2) is 0 Å². The van der Waals surface area contributed by atoms with Crippen molar-refractivity contribution in [2.75, 3.05) is 6.54 Å². The second kappa shape index (κ2) is 4.52. The van der Waals surface area contributed by atoms with Crippen LogP contribution >= 0.6 is 11.6 Å². The van der Waals surface area contributed by atoms with Crippen LogP contribution in [0.1, 0.15) is 24.8 Å². The molecule has 18 heavy (non-hydrogen) atoms. The number of piperidine rings is 1. The molecule has 1 aromatic rings. The lowest BCUT2D eigenvalue weighted by Gasteiger charge is -2.26. The fraction of sp³-hybridized carbons (Fsp3) is 0.538. The van der Waals surface area contributed by atoms with Crippen molar-refractivity contribution in [1.82, 2.24) is 4.90 Å². The zero-order chi connectivity index (χ0) is 12.7. The molecule has 96 valence electrons. The summed E-state index contributed by atoms with van der Waals surface area (Å²) in [6.07, 6.45) is 3.88. The van der Waals surface area contributed by atoms with Crippen molar-refractivity contribution < 1.29 is 4.92 Å². The Morgan fingerprint density at radius 2 is 2.28 bits per heavy atom. The summed E-state index contributed by atoms with van der Waals surface area (Å²) < 4.78 is 0. The molecule has 0 N–H and O–H groups in total. The third-order valence-electron chi connectivity index (χ3n) is 4.14. The highest BCUT2D eigenvalue weighted by molar-refractivity contribution is 6.31. The fourth-order valence-electron chi connectivity index (χ4n) is 3.24. The van der Waals surface area contributed by atoms with Crippen LogP contribution in [0.3, 0.4) is 0 Å². The minimum atomic E-state index is -0.365. The van der Waals surface area contributed by atoms with E-state index in [4.69, 9.17) is 11.6 Å². The van der Waals surface area contributed by atoms with Gasteiger partial charge in [0.05, 0.1) is 4.92 Å². The van der Waals surface area contributed by atoms with Gasteiger partial charge in [0, 0.05) is 36.3 Å². The minimum Gasteiger partial charge on any atom is -0.296 e. The molecule has 0 radical (unpaired) electrons. The Balaban J connectivity index is 1.79. The highest BCUT2D eigenvalue weighted by atomic mass is 35.5. The molecular weight excluding hydrogens is 252 g/mol. The molecule has 2 fully saturated rings. The topological polar surface area (TPSA) is 46.4 Å². The summed E-state index contributed by atoms with van der Waals surface area (Å²) in [5, 5.41) is 11.4. The lowest BCUT2D eigenvalue weighted by Crippen LogP contribution is -2.31. The first-order valence-corrected chi connectivity index (χ1v) is 6.68. The largest absolute Gasteiger partial charge is 0.296 e. The van der Waals surface area contributed by atoms with E-state index in [0.717, 1.165) is 24.6 Å². The molecule has 3 rings (SSSR count). The second-order valence-electron chi connectivity index (χ2n) is 5.30. The van der Waals surface area contributed by atoms with Crippen LogP contribution in [0.2, 0.25) is 5.02 Å². The molecule has 2 unspecified atom stereocenters. The number of nitrogens with zero attached hydrogens (tertiary/aromatic N) is 2. The summed E-state index contributed by atoms with van der Waals surface area (Å²) in [4.78, 5) is 12.8. The average Bonchev–Trinajstić information content (AvgIpc) is 2.93. The quantitative estimate of drug-likeness (QED) is 0.623. The number of benzene rings is 1. The predicted molar refractivity (Wildman–Crippen MR) is 69.6 cm³/mol. The van der Waals surface area contributed by atoms with Crippen LogP contribution in [-0.4, -0.2) is 22.4 Å². The van der Waals surface area contributed by atoms with Gasteiger partial charge in [-0.3, -0.25) is 15.0 Å². The Morgan fingerprint density at radius 3 is 2.89 bits per heavy atom.